The molecule has 132 valence electrons. The molecule has 0 aliphatic rings. The minimum atomic E-state index is 0.344. The first-order valence-corrected chi connectivity index (χ1v) is 8.17. The Kier molecular flexibility index (Phi) is 5.42. The van der Waals surface area contributed by atoms with Gasteiger partial charge in [0.1, 0.15) is 29.9 Å². The van der Waals surface area contributed by atoms with Crippen LogP contribution in [-0.2, 0) is 4.74 Å². The minimum absolute atomic E-state index is 0.344. The zero-order chi connectivity index (χ0) is 18.5. The summed E-state index contributed by atoms with van der Waals surface area (Å²) in [5.41, 5.74) is 7.24. The molecule has 1 aromatic heterocycles. The number of rotatable bonds is 6. The molecular weight excluding hydrogens is 354 g/mol. The number of methoxy groups -OCH3 is 1. The highest BCUT2D eigenvalue weighted by atomic mass is 35.5. The number of nitrogens with two attached hydrogens (primary N) is 1. The molecule has 0 amide bonds. The monoisotopic (exact) mass is 369 g/mol. The van der Waals surface area contributed by atoms with E-state index < -0.39 is 0 Å². The molecule has 0 saturated heterocycles. The number of benzene rings is 2. The molecule has 2 aromatic carbocycles. The van der Waals surface area contributed by atoms with Crippen molar-refractivity contribution < 1.29 is 14.2 Å². The Balaban J connectivity index is 1.98. The van der Waals surface area contributed by atoms with Crippen molar-refractivity contribution in [1.29, 1.82) is 5.26 Å². The van der Waals surface area contributed by atoms with Gasteiger partial charge < -0.3 is 19.9 Å². The first-order valence-electron chi connectivity index (χ1n) is 7.80. The zero-order valence-corrected chi connectivity index (χ0v) is 14.8. The number of hydrogen-bond donors (Lipinski definition) is 1. The summed E-state index contributed by atoms with van der Waals surface area (Å²) in [5, 5.41) is 10.5. The number of fused-ring (bicyclic) bond motifs is 1. The summed E-state index contributed by atoms with van der Waals surface area (Å²) in [6.07, 6.45) is 1.63. The molecule has 0 radical (unpaired) electrons. The highest BCUT2D eigenvalue weighted by Crippen LogP contribution is 2.34. The summed E-state index contributed by atoms with van der Waals surface area (Å²) < 4.78 is 16.5. The lowest BCUT2D eigenvalue weighted by Crippen LogP contribution is -2.05. The van der Waals surface area contributed by atoms with E-state index in [1.165, 1.54) is 0 Å². The van der Waals surface area contributed by atoms with Gasteiger partial charge in [-0.1, -0.05) is 11.6 Å². The van der Waals surface area contributed by atoms with E-state index in [1.807, 2.05) is 0 Å². The molecule has 0 atom stereocenters. The summed E-state index contributed by atoms with van der Waals surface area (Å²) in [5.74, 6) is 1.55. The van der Waals surface area contributed by atoms with Crippen LogP contribution in [0, 0.1) is 11.3 Å². The number of hydrogen-bond acceptors (Lipinski definition) is 6. The van der Waals surface area contributed by atoms with Gasteiger partial charge in [0.15, 0.2) is 0 Å². The molecule has 7 heteroatoms. The maximum absolute atomic E-state index is 9.43. The molecule has 0 fully saturated rings. The van der Waals surface area contributed by atoms with Crippen molar-refractivity contribution in [2.24, 2.45) is 0 Å². The van der Waals surface area contributed by atoms with Crippen molar-refractivity contribution in [3.63, 3.8) is 0 Å². The van der Waals surface area contributed by atoms with Gasteiger partial charge in [-0.2, -0.15) is 5.26 Å². The van der Waals surface area contributed by atoms with Crippen LogP contribution in [0.5, 0.6) is 17.2 Å². The van der Waals surface area contributed by atoms with Gasteiger partial charge in [0.2, 0.25) is 0 Å². The number of aromatic nitrogens is 1. The molecule has 6 nitrogen and oxygen atoms in total. The molecule has 0 unspecified atom stereocenters. The third-order valence-corrected chi connectivity index (χ3v) is 4.00. The predicted molar refractivity (Wildman–Crippen MR) is 99.8 cm³/mol. The average molecular weight is 370 g/mol. The van der Waals surface area contributed by atoms with E-state index in [0.29, 0.717) is 57.6 Å². The highest BCUT2D eigenvalue weighted by Gasteiger charge is 2.12. The molecule has 26 heavy (non-hydrogen) atoms. The maximum atomic E-state index is 9.43. The summed E-state index contributed by atoms with van der Waals surface area (Å²) in [6, 6.07) is 12.3. The van der Waals surface area contributed by atoms with Gasteiger partial charge in [0, 0.05) is 30.8 Å². The van der Waals surface area contributed by atoms with E-state index in [9.17, 15) is 5.26 Å². The van der Waals surface area contributed by atoms with Gasteiger partial charge >= 0.3 is 0 Å². The topological polar surface area (TPSA) is 90.4 Å². The Morgan fingerprint density at radius 1 is 1.15 bits per heavy atom. The van der Waals surface area contributed by atoms with Gasteiger partial charge in [0.05, 0.1) is 28.4 Å². The third-order valence-electron chi connectivity index (χ3n) is 3.67. The number of pyridine rings is 1. The first-order chi connectivity index (χ1) is 12.6. The molecule has 1 heterocycles. The molecule has 0 saturated carbocycles. The van der Waals surface area contributed by atoms with Crippen LogP contribution in [0.1, 0.15) is 5.56 Å². The van der Waals surface area contributed by atoms with Crippen molar-refractivity contribution in [2.45, 2.75) is 0 Å². The van der Waals surface area contributed by atoms with E-state index in [0.717, 1.165) is 0 Å². The lowest BCUT2D eigenvalue weighted by atomic mass is 10.1. The van der Waals surface area contributed by atoms with Crippen molar-refractivity contribution in [3.05, 3.63) is 53.2 Å². The number of nitrogens with zero attached hydrogens (tertiary/aromatic N) is 2. The van der Waals surface area contributed by atoms with Gasteiger partial charge in [0.25, 0.3) is 0 Å². The Labute approximate surface area is 155 Å². The second-order valence-electron chi connectivity index (χ2n) is 5.41. The van der Waals surface area contributed by atoms with Gasteiger partial charge in [-0.25, -0.2) is 0 Å². The molecule has 3 rings (SSSR count). The fourth-order valence-electron chi connectivity index (χ4n) is 2.38. The largest absolute Gasteiger partial charge is 0.490 e. The lowest BCUT2D eigenvalue weighted by Gasteiger charge is -2.12. The molecule has 3 aromatic rings. The number of halogens is 1. The zero-order valence-electron chi connectivity index (χ0n) is 14.0. The highest BCUT2D eigenvalue weighted by molar-refractivity contribution is 6.33. The fraction of sp³-hybridized carbons (Fsp3) is 0.158. The van der Waals surface area contributed by atoms with Crippen LogP contribution in [0.3, 0.4) is 0 Å². The maximum Gasteiger partial charge on any atom is 0.139 e. The van der Waals surface area contributed by atoms with Crippen molar-refractivity contribution in [2.75, 3.05) is 26.1 Å². The summed E-state index contributed by atoms with van der Waals surface area (Å²) in [6.45, 7) is 0.772. The molecule has 0 aliphatic heterocycles. The number of anilines is 1. The normalized spacial score (nSPS) is 10.5. The Morgan fingerprint density at radius 2 is 2.00 bits per heavy atom. The van der Waals surface area contributed by atoms with Gasteiger partial charge in [-0.15, -0.1) is 0 Å². The molecule has 0 spiro atoms. The van der Waals surface area contributed by atoms with Crippen LogP contribution in [0.15, 0.2) is 42.6 Å². The summed E-state index contributed by atoms with van der Waals surface area (Å²) in [7, 11) is 1.59. The molecule has 2 N–H and O–H groups in total. The third kappa shape index (κ3) is 3.80. The second-order valence-corrected chi connectivity index (χ2v) is 5.82. The van der Waals surface area contributed by atoms with Crippen molar-refractivity contribution in [1.82, 2.24) is 4.98 Å². The second kappa shape index (κ2) is 7.91. The SMILES string of the molecule is COCCOc1cc2nccc(Oc3ccc(N)c(Cl)c3)c2cc1C#N. The minimum Gasteiger partial charge on any atom is -0.490 e. The van der Waals surface area contributed by atoms with Gasteiger partial charge in [-0.3, -0.25) is 4.98 Å². The molecular formula is C19H16ClN3O3. The van der Waals surface area contributed by atoms with Crippen LogP contribution in [0.25, 0.3) is 10.9 Å². The first kappa shape index (κ1) is 17.8. The Hall–Kier alpha value is -3.01. The number of nitriles is 1. The Bertz CT molecular complexity index is 986. The van der Waals surface area contributed by atoms with Crippen LogP contribution in [0.4, 0.5) is 5.69 Å². The van der Waals surface area contributed by atoms with E-state index >= 15 is 0 Å². The lowest BCUT2D eigenvalue weighted by molar-refractivity contribution is 0.146. The summed E-state index contributed by atoms with van der Waals surface area (Å²) in [4.78, 5) is 4.33. The van der Waals surface area contributed by atoms with E-state index in [4.69, 9.17) is 31.5 Å². The van der Waals surface area contributed by atoms with Crippen LogP contribution < -0.4 is 15.2 Å². The van der Waals surface area contributed by atoms with Crippen LogP contribution in [0.2, 0.25) is 5.02 Å². The van der Waals surface area contributed by atoms with E-state index in [2.05, 4.69) is 11.1 Å². The number of ether oxygens (including phenoxy) is 3. The van der Waals surface area contributed by atoms with Gasteiger partial charge in [-0.05, 0) is 24.3 Å². The fourth-order valence-corrected chi connectivity index (χ4v) is 2.55. The van der Waals surface area contributed by atoms with Crippen LogP contribution >= 0.6 is 11.6 Å². The van der Waals surface area contributed by atoms with Crippen LogP contribution in [-0.4, -0.2) is 25.3 Å². The quantitative estimate of drug-likeness (QED) is 0.518. The molecule has 0 aliphatic carbocycles. The smallest absolute Gasteiger partial charge is 0.139 e. The van der Waals surface area contributed by atoms with Crippen molar-refractivity contribution in [3.8, 4) is 23.3 Å². The molecule has 0 bridgehead atoms. The Morgan fingerprint density at radius 3 is 2.73 bits per heavy atom. The van der Waals surface area contributed by atoms with Crippen molar-refractivity contribution >= 4 is 28.2 Å². The van der Waals surface area contributed by atoms with E-state index in [-0.39, 0.29) is 0 Å². The van der Waals surface area contributed by atoms with E-state index in [1.54, 1.807) is 49.7 Å². The average Bonchev–Trinajstić information content (AvgIpc) is 2.64. The predicted octanol–water partition coefficient (Wildman–Crippen LogP) is 4.16. The standard InChI is InChI=1S/C19H16ClN3O3/c1-24-6-7-25-19-10-17-14(8-12(19)11-21)18(4-5-23-17)26-13-2-3-16(22)15(20)9-13/h2-5,8-10H,6-7,22H2,1H3. The number of nitrogen functional groups attached to an aromatic ring is 1. The summed E-state index contributed by atoms with van der Waals surface area (Å²) >= 11 is 6.04.